The van der Waals surface area contributed by atoms with Gasteiger partial charge < -0.3 is 0 Å². The normalized spacial score (nSPS) is 1.50. The van der Waals surface area contributed by atoms with Crippen LogP contribution in [0.25, 0.3) is 0 Å². The first-order valence-corrected chi connectivity index (χ1v) is 0.809. The van der Waals surface area contributed by atoms with E-state index in [1.165, 1.54) is 44.8 Å². The minimum atomic E-state index is 0. The van der Waals surface area contributed by atoms with Crippen molar-refractivity contribution in [2.24, 2.45) is 0 Å². The molecule has 0 saturated heterocycles. The van der Waals surface area contributed by atoms with Crippen LogP contribution in [-0.4, -0.2) is 25.8 Å². The molecule has 30 valence electrons. The van der Waals surface area contributed by atoms with Crippen LogP contribution < -0.4 is 0 Å². The van der Waals surface area contributed by atoms with Crippen molar-refractivity contribution in [3.63, 3.8) is 0 Å². The van der Waals surface area contributed by atoms with Crippen LogP contribution in [-0.2, 0) is 22.0 Å². The SMILES string of the molecule is [InH3].[O]=[Yb].[Ti]. The van der Waals surface area contributed by atoms with Gasteiger partial charge in [0.05, 0.1) is 0 Å². The third-order valence-electron chi connectivity index (χ3n) is 0. The van der Waals surface area contributed by atoms with Gasteiger partial charge in [0.1, 0.15) is 0 Å². The summed E-state index contributed by atoms with van der Waals surface area (Å²) in [6, 6.07) is 0. The molecule has 0 heterocycles. The zero-order chi connectivity index (χ0) is 2.00. The zero-order valence-corrected chi connectivity index (χ0v) is 4.45. The third-order valence-corrected chi connectivity index (χ3v) is 0. The van der Waals surface area contributed by atoms with E-state index in [1.54, 1.807) is 0 Å². The fourth-order valence-electron chi connectivity index (χ4n) is 0. The van der Waals surface area contributed by atoms with E-state index in [1.807, 2.05) is 0 Å². The van der Waals surface area contributed by atoms with Gasteiger partial charge in [0, 0.05) is 21.7 Å². The van der Waals surface area contributed by atoms with Crippen molar-refractivity contribution >= 4 is 25.8 Å². The van der Waals surface area contributed by atoms with Crippen molar-refractivity contribution in [2.75, 3.05) is 0 Å². The Bertz CT molecular complexity index is 8.00. The number of rotatable bonds is 0. The third kappa shape index (κ3) is 8.86. The summed E-state index contributed by atoms with van der Waals surface area (Å²) in [6.45, 7) is 0. The molecule has 0 aliphatic carbocycles. The summed E-state index contributed by atoms with van der Waals surface area (Å²) in [6.07, 6.45) is 0. The molecule has 0 rings (SSSR count). The Balaban J connectivity index is -0.00000000500. The Hall–Kier alpha value is 2.90. The molecule has 0 aliphatic rings. The maximum atomic E-state index is 8.11. The predicted molar refractivity (Wildman–Crippen MR) is 10.6 cm³/mol. The minimum Gasteiger partial charge on any atom is 0 e. The van der Waals surface area contributed by atoms with Crippen molar-refractivity contribution in [1.29, 1.82) is 0 Å². The Morgan fingerprint density at radius 3 is 1.25 bits per heavy atom. The molecule has 0 amide bonds. The molecule has 0 unspecified atom stereocenters. The van der Waals surface area contributed by atoms with Gasteiger partial charge in [0.25, 0.3) is 0 Å². The van der Waals surface area contributed by atoms with Crippen LogP contribution in [0.5, 0.6) is 0 Å². The monoisotopic (exact) mass is 356 g/mol. The van der Waals surface area contributed by atoms with Crippen LogP contribution in [0.3, 0.4) is 0 Å². The Kier molecular flexibility index (Phi) is 66.5. The van der Waals surface area contributed by atoms with Crippen molar-refractivity contribution in [3.05, 3.63) is 0 Å². The van der Waals surface area contributed by atoms with Crippen molar-refractivity contribution in [3.8, 4) is 0 Å². The molecule has 4 heavy (non-hydrogen) atoms. The molecular formula is H3InOTiYb. The van der Waals surface area contributed by atoms with Gasteiger partial charge in [-0.2, -0.15) is 0 Å². The molecule has 4 heteroatoms. The van der Waals surface area contributed by atoms with Gasteiger partial charge in [-0.05, 0) is 0 Å². The summed E-state index contributed by atoms with van der Waals surface area (Å²) in [5, 5.41) is 0. The standard InChI is InChI=1S/In.O.Ti.Yb.3H. The average molecular weight is 355 g/mol. The fraction of sp³-hybridized carbons (Fsp3) is 0. The smallest absolute Gasteiger partial charge is 0 e. The summed E-state index contributed by atoms with van der Waals surface area (Å²) < 4.78 is 8.11. The molecule has 0 aromatic carbocycles. The molecule has 0 N–H and O–H groups in total. The van der Waals surface area contributed by atoms with Crippen LogP contribution >= 0.6 is 0 Å². The Labute approximate surface area is 90.2 Å². The summed E-state index contributed by atoms with van der Waals surface area (Å²) in [5.74, 6) is 0. The number of hydrogen-bond acceptors (Lipinski definition) is 1. The molecule has 0 radical (unpaired) electrons. The first-order valence-electron chi connectivity index (χ1n) is 0.109. The molecule has 0 aromatic heterocycles. The molecule has 1 nitrogen and oxygen atoms in total. The second-order valence-corrected chi connectivity index (χ2v) is 0. The van der Waals surface area contributed by atoms with E-state index >= 15 is 0 Å². The Morgan fingerprint density at radius 1 is 1.25 bits per heavy atom. The molecule has 0 aromatic rings. The van der Waals surface area contributed by atoms with Gasteiger partial charge in [0.2, 0.25) is 0 Å². The maximum Gasteiger partial charge on any atom is 0 e. The van der Waals surface area contributed by atoms with E-state index in [4.69, 9.17) is 0.288 Å². The minimum absolute atomic E-state index is 0. The van der Waals surface area contributed by atoms with E-state index < -0.39 is 0 Å². The van der Waals surface area contributed by atoms with Crippen molar-refractivity contribution in [2.45, 2.75) is 0 Å². The summed E-state index contributed by atoms with van der Waals surface area (Å²) in [7, 11) is 0. The second-order valence-electron chi connectivity index (χ2n) is 0. The Morgan fingerprint density at radius 2 is 1.25 bits per heavy atom. The quantitative estimate of drug-likeness (QED) is 0.494. The van der Waals surface area contributed by atoms with Crippen LogP contribution in [0.2, 0.25) is 0 Å². The van der Waals surface area contributed by atoms with Gasteiger partial charge in [0.15, 0.2) is 0 Å². The first-order chi connectivity index (χ1) is 1.00. The molecule has 0 aliphatic heterocycles. The fourth-order valence-corrected chi connectivity index (χ4v) is 0. The molecular weight excluding hydrogens is 352 g/mol. The zero-order valence-electron chi connectivity index (χ0n) is 1.18. The number of hydrogen-bond donors (Lipinski definition) is 0. The maximum absolute atomic E-state index is 8.11. The van der Waals surface area contributed by atoms with E-state index in [0.29, 0.717) is 0 Å². The van der Waals surface area contributed by atoms with Gasteiger partial charge in [-0.1, -0.05) is 0 Å². The van der Waals surface area contributed by atoms with Gasteiger partial charge in [-0.15, -0.1) is 0 Å². The topological polar surface area (TPSA) is 17.1 Å². The van der Waals surface area contributed by atoms with Gasteiger partial charge in [-0.25, -0.2) is 0 Å². The van der Waals surface area contributed by atoms with E-state index in [-0.39, 0.29) is 47.6 Å². The first kappa shape index (κ1) is 15.8. The van der Waals surface area contributed by atoms with Gasteiger partial charge >= 0.3 is 70.9 Å². The van der Waals surface area contributed by atoms with E-state index in [0.717, 1.165) is 0 Å². The molecule has 0 fully saturated rings. The molecule has 0 bridgehead atoms. The van der Waals surface area contributed by atoms with Crippen LogP contribution in [0.4, 0.5) is 0 Å². The van der Waals surface area contributed by atoms with Gasteiger partial charge in [-0.3, -0.25) is 0 Å². The predicted octanol–water partition coefficient (Wildman–Crippen LogP) is -1.31. The van der Waals surface area contributed by atoms with Crippen LogP contribution in [0.1, 0.15) is 0 Å². The second kappa shape index (κ2) is 16.8. The van der Waals surface area contributed by atoms with Crippen molar-refractivity contribution in [1.82, 2.24) is 0 Å². The summed E-state index contributed by atoms with van der Waals surface area (Å²) in [4.78, 5) is 0. The van der Waals surface area contributed by atoms with Crippen LogP contribution in [0, 0.1) is 44.8 Å². The summed E-state index contributed by atoms with van der Waals surface area (Å²) >= 11 is 1.44. The largest absolute Gasteiger partial charge is 0 e. The molecule has 0 spiro atoms. The summed E-state index contributed by atoms with van der Waals surface area (Å²) in [5.41, 5.74) is 0. The van der Waals surface area contributed by atoms with Crippen LogP contribution in [0.15, 0.2) is 0 Å². The van der Waals surface area contributed by atoms with E-state index in [9.17, 15) is 0 Å². The van der Waals surface area contributed by atoms with Crippen molar-refractivity contribution < 1.29 is 66.8 Å². The average Bonchev–Trinajstić information content (AvgIpc) is 1.00. The molecule has 0 atom stereocenters. The molecule has 0 saturated carbocycles. The van der Waals surface area contributed by atoms with E-state index in [2.05, 4.69) is 0 Å².